The lowest BCUT2D eigenvalue weighted by atomic mass is 10.0. The van der Waals surface area contributed by atoms with Crippen LogP contribution in [-0.4, -0.2) is 0 Å². The van der Waals surface area contributed by atoms with Crippen LogP contribution in [0.2, 0.25) is 0 Å². The molecule has 3 rings (SSSR count). The number of rotatable bonds is 3. The van der Waals surface area contributed by atoms with Crippen LogP contribution in [-0.2, 0) is 6.42 Å². The van der Waals surface area contributed by atoms with Crippen molar-refractivity contribution in [1.29, 1.82) is 0 Å². The summed E-state index contributed by atoms with van der Waals surface area (Å²) >= 11 is 0. The van der Waals surface area contributed by atoms with Gasteiger partial charge in [0.1, 0.15) is 11.6 Å². The van der Waals surface area contributed by atoms with E-state index in [1.165, 1.54) is 30.3 Å². The van der Waals surface area contributed by atoms with Crippen molar-refractivity contribution in [2.45, 2.75) is 26.2 Å². The van der Waals surface area contributed by atoms with Gasteiger partial charge in [0.15, 0.2) is 11.6 Å². The van der Waals surface area contributed by atoms with Gasteiger partial charge in [-0.05, 0) is 54.1 Å². The molecule has 132 valence electrons. The van der Waals surface area contributed by atoms with Crippen LogP contribution in [0.1, 0.15) is 36.5 Å². The SMILES string of the molecule is CCCCc1cc(F)c(C#Cc2ccc3c(F)c(F)ccc3c2)c(F)c1. The van der Waals surface area contributed by atoms with E-state index in [9.17, 15) is 17.6 Å². The van der Waals surface area contributed by atoms with Gasteiger partial charge in [0, 0.05) is 10.9 Å². The van der Waals surface area contributed by atoms with Gasteiger partial charge >= 0.3 is 0 Å². The van der Waals surface area contributed by atoms with Gasteiger partial charge in [0.05, 0.1) is 5.56 Å². The van der Waals surface area contributed by atoms with E-state index in [1.54, 1.807) is 6.07 Å². The molecule has 0 N–H and O–H groups in total. The van der Waals surface area contributed by atoms with Crippen molar-refractivity contribution < 1.29 is 17.6 Å². The molecule has 26 heavy (non-hydrogen) atoms. The molecule has 0 amide bonds. The molecule has 0 bridgehead atoms. The van der Waals surface area contributed by atoms with Crippen molar-refractivity contribution in [3.63, 3.8) is 0 Å². The van der Waals surface area contributed by atoms with Crippen molar-refractivity contribution in [1.82, 2.24) is 0 Å². The molecule has 0 atom stereocenters. The third-order valence-electron chi connectivity index (χ3n) is 4.16. The average molecular weight is 356 g/mol. The van der Waals surface area contributed by atoms with Gasteiger partial charge < -0.3 is 0 Å². The Morgan fingerprint density at radius 1 is 0.808 bits per heavy atom. The van der Waals surface area contributed by atoms with E-state index in [1.807, 2.05) is 6.92 Å². The Balaban J connectivity index is 1.94. The lowest BCUT2D eigenvalue weighted by Gasteiger charge is -2.04. The summed E-state index contributed by atoms with van der Waals surface area (Å²) in [6, 6.07) is 9.52. The molecular weight excluding hydrogens is 340 g/mol. The zero-order chi connectivity index (χ0) is 18.7. The van der Waals surface area contributed by atoms with E-state index in [4.69, 9.17) is 0 Å². The fourth-order valence-electron chi connectivity index (χ4n) is 2.75. The van der Waals surface area contributed by atoms with E-state index in [0.29, 0.717) is 22.9 Å². The Bertz CT molecular complexity index is 1000. The largest absolute Gasteiger partial charge is 0.206 e. The Morgan fingerprint density at radius 2 is 1.54 bits per heavy atom. The Hall–Kier alpha value is -2.80. The third kappa shape index (κ3) is 3.72. The standard InChI is InChI=1S/C22H16F4/c1-2-3-4-15-12-20(24)18(21(25)13-15)9-6-14-5-8-17-16(11-14)7-10-19(23)22(17)26/h5,7-8,10-13H,2-4H2,1H3. The molecule has 3 aromatic rings. The molecule has 4 heteroatoms. The van der Waals surface area contributed by atoms with Crippen LogP contribution >= 0.6 is 0 Å². The molecule has 0 saturated heterocycles. The van der Waals surface area contributed by atoms with Gasteiger partial charge in [0.2, 0.25) is 0 Å². The second kappa shape index (κ2) is 7.61. The first-order valence-electron chi connectivity index (χ1n) is 8.37. The fourth-order valence-corrected chi connectivity index (χ4v) is 2.75. The molecule has 0 heterocycles. The Kier molecular flexibility index (Phi) is 5.27. The van der Waals surface area contributed by atoms with Crippen LogP contribution in [0, 0.1) is 35.1 Å². The van der Waals surface area contributed by atoms with Crippen LogP contribution in [0.25, 0.3) is 10.8 Å². The first kappa shape index (κ1) is 18.0. The van der Waals surface area contributed by atoms with Crippen LogP contribution in [0.3, 0.4) is 0 Å². The lowest BCUT2D eigenvalue weighted by molar-refractivity contribution is 0.517. The maximum atomic E-state index is 14.2. The first-order valence-corrected chi connectivity index (χ1v) is 8.37. The van der Waals surface area contributed by atoms with Gasteiger partial charge in [-0.1, -0.05) is 37.3 Å². The molecule has 0 spiro atoms. The molecule has 0 aliphatic rings. The van der Waals surface area contributed by atoms with Crippen molar-refractivity contribution in [2.24, 2.45) is 0 Å². The highest BCUT2D eigenvalue weighted by atomic mass is 19.2. The highest BCUT2D eigenvalue weighted by molar-refractivity contribution is 5.84. The van der Waals surface area contributed by atoms with Gasteiger partial charge in [-0.2, -0.15) is 0 Å². The summed E-state index contributed by atoms with van der Waals surface area (Å²) in [4.78, 5) is 0. The summed E-state index contributed by atoms with van der Waals surface area (Å²) < 4.78 is 55.2. The minimum absolute atomic E-state index is 0.133. The first-order chi connectivity index (χ1) is 12.5. The maximum Gasteiger partial charge on any atom is 0.166 e. The number of unbranched alkanes of at least 4 members (excludes halogenated alkanes) is 1. The molecule has 0 aliphatic carbocycles. The topological polar surface area (TPSA) is 0 Å². The van der Waals surface area contributed by atoms with Crippen molar-refractivity contribution in [3.05, 3.63) is 82.4 Å². The van der Waals surface area contributed by atoms with Gasteiger partial charge in [0.25, 0.3) is 0 Å². The normalized spacial score (nSPS) is 10.7. The molecule has 0 aliphatic heterocycles. The Morgan fingerprint density at radius 3 is 2.23 bits per heavy atom. The Labute approximate surface area is 149 Å². The van der Waals surface area contributed by atoms with Crippen molar-refractivity contribution in [3.8, 4) is 11.8 Å². The van der Waals surface area contributed by atoms with E-state index in [-0.39, 0.29) is 10.9 Å². The van der Waals surface area contributed by atoms with Crippen LogP contribution in [0.5, 0.6) is 0 Å². The van der Waals surface area contributed by atoms with E-state index < -0.39 is 23.3 Å². The van der Waals surface area contributed by atoms with Gasteiger partial charge in [-0.25, -0.2) is 17.6 Å². The molecule has 0 aromatic heterocycles. The number of halogens is 4. The number of fused-ring (bicyclic) bond motifs is 1. The number of hydrogen-bond donors (Lipinski definition) is 0. The number of aryl methyl sites for hydroxylation is 1. The second-order valence-electron chi connectivity index (χ2n) is 6.09. The molecule has 0 fully saturated rings. The quantitative estimate of drug-likeness (QED) is 0.391. The summed E-state index contributed by atoms with van der Waals surface area (Å²) in [6.45, 7) is 2.01. The van der Waals surface area contributed by atoms with Crippen molar-refractivity contribution >= 4 is 10.8 Å². The van der Waals surface area contributed by atoms with Crippen molar-refractivity contribution in [2.75, 3.05) is 0 Å². The summed E-state index contributed by atoms with van der Waals surface area (Å²) in [5, 5.41) is 0.597. The smallest absolute Gasteiger partial charge is 0.166 e. The summed E-state index contributed by atoms with van der Waals surface area (Å²) in [5.74, 6) is 1.94. The maximum absolute atomic E-state index is 14.2. The molecule has 0 nitrogen and oxygen atoms in total. The predicted molar refractivity (Wildman–Crippen MR) is 94.8 cm³/mol. The second-order valence-corrected chi connectivity index (χ2v) is 6.09. The van der Waals surface area contributed by atoms with Crippen LogP contribution < -0.4 is 0 Å². The summed E-state index contributed by atoms with van der Waals surface area (Å²) in [5.41, 5.74) is 0.767. The fraction of sp³-hybridized carbons (Fsp3) is 0.182. The highest BCUT2D eigenvalue weighted by Gasteiger charge is 2.10. The number of benzene rings is 3. The summed E-state index contributed by atoms with van der Waals surface area (Å²) in [7, 11) is 0. The van der Waals surface area contributed by atoms with E-state index >= 15 is 0 Å². The minimum Gasteiger partial charge on any atom is -0.206 e. The molecule has 0 saturated carbocycles. The zero-order valence-corrected chi connectivity index (χ0v) is 14.2. The summed E-state index contributed by atoms with van der Waals surface area (Å²) in [6.07, 6.45) is 2.42. The number of hydrogen-bond acceptors (Lipinski definition) is 0. The van der Waals surface area contributed by atoms with Gasteiger partial charge in [-0.15, -0.1) is 0 Å². The van der Waals surface area contributed by atoms with Crippen LogP contribution in [0.15, 0.2) is 42.5 Å². The van der Waals surface area contributed by atoms with E-state index in [2.05, 4.69) is 11.8 Å². The highest BCUT2D eigenvalue weighted by Crippen LogP contribution is 2.22. The monoisotopic (exact) mass is 356 g/mol. The zero-order valence-electron chi connectivity index (χ0n) is 14.2. The van der Waals surface area contributed by atoms with Gasteiger partial charge in [-0.3, -0.25) is 0 Å². The lowest BCUT2D eigenvalue weighted by Crippen LogP contribution is -1.95. The molecule has 0 radical (unpaired) electrons. The predicted octanol–water partition coefficient (Wildman–Crippen LogP) is 6.14. The molecule has 0 unspecified atom stereocenters. The minimum atomic E-state index is -0.929. The molecule has 3 aromatic carbocycles. The average Bonchev–Trinajstić information content (AvgIpc) is 2.62. The van der Waals surface area contributed by atoms with Crippen LogP contribution in [0.4, 0.5) is 17.6 Å². The molecular formula is C22H16F4. The third-order valence-corrected chi connectivity index (χ3v) is 4.16. The van der Waals surface area contributed by atoms with E-state index in [0.717, 1.165) is 18.9 Å².